The number of nitrogens with zero attached hydrogens (tertiary/aromatic N) is 1. The molecule has 0 aromatic carbocycles. The summed E-state index contributed by atoms with van der Waals surface area (Å²) in [5, 5.41) is 0. The van der Waals surface area contributed by atoms with Crippen molar-refractivity contribution in [3.05, 3.63) is 85.1 Å². The Kier molecular flexibility index (Phi) is 68.3. The zero-order valence-electron chi connectivity index (χ0n) is 59.8. The molecule has 0 rings (SSSR count). The maximum absolute atomic E-state index is 12.9. The molecule has 0 aromatic heterocycles. The second-order valence-corrected chi connectivity index (χ2v) is 28.4. The average Bonchev–Trinajstić information content (AvgIpc) is 3.58. The van der Waals surface area contributed by atoms with Crippen molar-refractivity contribution in [2.24, 2.45) is 0 Å². The highest BCUT2D eigenvalue weighted by atomic mass is 31.2. The van der Waals surface area contributed by atoms with Gasteiger partial charge in [0.1, 0.15) is 19.8 Å². The molecule has 0 amide bonds. The highest BCUT2D eigenvalue weighted by Crippen LogP contribution is 2.38. The van der Waals surface area contributed by atoms with E-state index < -0.39 is 26.5 Å². The molecule has 2 atom stereocenters. The minimum atomic E-state index is -4.65. The molecule has 0 fully saturated rings. The standard InChI is InChI=1S/C80H146NO8P/c1-6-8-10-12-14-16-18-20-22-24-26-28-30-32-33-34-35-36-37-38-39-40-41-42-43-44-45-46-47-49-50-52-54-56-58-60-62-64-66-68-70-72-79(82)86-76-78(77-88-90(84,85)87-75-74-81(3,4)5)89-80(83)73-71-69-67-65-63-61-59-57-55-53-51-48-31-29-27-25-23-21-19-17-15-13-11-9-7-2/h9,11,15,17-18,20-21,23-24,26-27,29,48,51,78H,6-8,10,12-14,16,19,22,25,28,30-47,49-50,52-77H2,1-5H3/b11-9-,17-15-,20-18-,23-21-,26-24-,29-27-,51-48-. The van der Waals surface area contributed by atoms with Gasteiger partial charge in [0.25, 0.3) is 7.82 Å². The summed E-state index contributed by atoms with van der Waals surface area (Å²) in [7, 11) is 1.17. The Balaban J connectivity index is 3.91. The van der Waals surface area contributed by atoms with Gasteiger partial charge < -0.3 is 27.9 Å². The highest BCUT2D eigenvalue weighted by Gasteiger charge is 2.22. The number of allylic oxidation sites excluding steroid dienone is 14. The van der Waals surface area contributed by atoms with Crippen molar-refractivity contribution in [2.45, 2.75) is 367 Å². The van der Waals surface area contributed by atoms with E-state index >= 15 is 0 Å². The lowest BCUT2D eigenvalue weighted by atomic mass is 10.0. The van der Waals surface area contributed by atoms with Crippen LogP contribution in [0.3, 0.4) is 0 Å². The topological polar surface area (TPSA) is 111 Å². The number of hydrogen-bond acceptors (Lipinski definition) is 8. The van der Waals surface area contributed by atoms with Gasteiger partial charge in [-0.1, -0.05) is 343 Å². The molecule has 0 radical (unpaired) electrons. The molecule has 0 saturated carbocycles. The van der Waals surface area contributed by atoms with Crippen LogP contribution in [0.1, 0.15) is 361 Å². The van der Waals surface area contributed by atoms with Crippen LogP contribution in [0, 0.1) is 0 Å². The average molecular weight is 1280 g/mol. The van der Waals surface area contributed by atoms with Crippen LogP contribution in [0.2, 0.25) is 0 Å². The molecule has 9 nitrogen and oxygen atoms in total. The minimum Gasteiger partial charge on any atom is -0.756 e. The van der Waals surface area contributed by atoms with Gasteiger partial charge in [-0.3, -0.25) is 14.2 Å². The monoisotopic (exact) mass is 1280 g/mol. The third kappa shape index (κ3) is 74.2. The zero-order chi connectivity index (χ0) is 65.5. The molecule has 0 aromatic rings. The Bertz CT molecular complexity index is 1800. The summed E-state index contributed by atoms with van der Waals surface area (Å²) in [4.78, 5) is 38.1. The molecule has 0 heterocycles. The van der Waals surface area contributed by atoms with E-state index in [1.807, 2.05) is 21.1 Å². The second-order valence-electron chi connectivity index (χ2n) is 27.0. The lowest BCUT2D eigenvalue weighted by molar-refractivity contribution is -0.870. The SMILES string of the molecule is CC/C=C\C/C=C\C/C=C\C/C=C\C/C=C\CCCCCCCCCCCC(=O)OC(COC(=O)CCCCCCCCCCCCCCCCCCCCCCCCCCCCCCC/C=C\C/C=C\CCCCCCC)COP(=O)([O-])OCC[N+](C)(C)C. The Morgan fingerprint density at radius 3 is 0.944 bits per heavy atom. The number of quaternary nitrogens is 1. The second kappa shape index (κ2) is 70.5. The van der Waals surface area contributed by atoms with Crippen molar-refractivity contribution in [3.8, 4) is 0 Å². The number of phosphoric ester groups is 1. The molecule has 524 valence electrons. The summed E-state index contributed by atoms with van der Waals surface area (Å²) in [6, 6.07) is 0. The normalized spacial score (nSPS) is 13.5. The predicted molar refractivity (Wildman–Crippen MR) is 388 cm³/mol. The molecule has 2 unspecified atom stereocenters. The Labute approximate surface area is 558 Å². The van der Waals surface area contributed by atoms with Gasteiger partial charge in [0.05, 0.1) is 27.7 Å². The summed E-state index contributed by atoms with van der Waals surface area (Å²) in [6.45, 7) is 4.15. The summed E-state index contributed by atoms with van der Waals surface area (Å²) < 4.78 is 34.3. The van der Waals surface area contributed by atoms with Crippen LogP contribution < -0.4 is 4.89 Å². The molecule has 0 saturated heterocycles. The minimum absolute atomic E-state index is 0.0335. The van der Waals surface area contributed by atoms with E-state index in [1.54, 1.807) is 0 Å². The van der Waals surface area contributed by atoms with Crippen LogP contribution in [0.15, 0.2) is 85.1 Å². The number of rotatable bonds is 71. The van der Waals surface area contributed by atoms with Gasteiger partial charge in [-0.2, -0.15) is 0 Å². The van der Waals surface area contributed by atoms with E-state index in [1.165, 1.54) is 244 Å². The van der Waals surface area contributed by atoms with E-state index in [0.29, 0.717) is 17.4 Å². The van der Waals surface area contributed by atoms with Crippen molar-refractivity contribution >= 4 is 19.8 Å². The van der Waals surface area contributed by atoms with Gasteiger partial charge in [-0.05, 0) is 89.9 Å². The van der Waals surface area contributed by atoms with E-state index in [2.05, 4.69) is 98.9 Å². The van der Waals surface area contributed by atoms with Gasteiger partial charge in [0.15, 0.2) is 6.10 Å². The largest absolute Gasteiger partial charge is 0.756 e. The fourth-order valence-corrected chi connectivity index (χ4v) is 11.8. The van der Waals surface area contributed by atoms with Crippen molar-refractivity contribution in [3.63, 3.8) is 0 Å². The summed E-state index contributed by atoms with van der Waals surface area (Å²) >= 11 is 0. The molecule has 10 heteroatoms. The summed E-state index contributed by atoms with van der Waals surface area (Å²) in [5.41, 5.74) is 0. The lowest BCUT2D eigenvalue weighted by Crippen LogP contribution is -2.37. The Hall–Kier alpha value is -2.81. The molecule has 0 aliphatic rings. The highest BCUT2D eigenvalue weighted by molar-refractivity contribution is 7.45. The molecule has 0 bridgehead atoms. The van der Waals surface area contributed by atoms with Crippen LogP contribution in [0.5, 0.6) is 0 Å². The van der Waals surface area contributed by atoms with Crippen molar-refractivity contribution in [1.82, 2.24) is 0 Å². The number of phosphoric acid groups is 1. The first-order valence-electron chi connectivity index (χ1n) is 38.3. The molecule has 0 spiro atoms. The molecular weight excluding hydrogens is 1130 g/mol. The number of ether oxygens (including phenoxy) is 2. The molecule has 0 aliphatic carbocycles. The van der Waals surface area contributed by atoms with E-state index in [-0.39, 0.29) is 32.0 Å². The molecule has 0 aliphatic heterocycles. The van der Waals surface area contributed by atoms with Gasteiger partial charge in [0.2, 0.25) is 0 Å². The maximum atomic E-state index is 12.9. The van der Waals surface area contributed by atoms with Crippen LogP contribution >= 0.6 is 7.82 Å². The van der Waals surface area contributed by atoms with Gasteiger partial charge in [0, 0.05) is 12.8 Å². The maximum Gasteiger partial charge on any atom is 0.306 e. The van der Waals surface area contributed by atoms with Crippen LogP contribution in [-0.2, 0) is 32.7 Å². The number of hydrogen-bond donors (Lipinski definition) is 0. The number of likely N-dealkylation sites (N-methyl/N-ethyl adjacent to an activating group) is 1. The predicted octanol–water partition coefficient (Wildman–Crippen LogP) is 24.6. The van der Waals surface area contributed by atoms with Gasteiger partial charge in [-0.15, -0.1) is 0 Å². The fourth-order valence-electron chi connectivity index (χ4n) is 11.1. The molecule has 90 heavy (non-hydrogen) atoms. The molecule has 0 N–H and O–H groups in total. The zero-order valence-corrected chi connectivity index (χ0v) is 60.7. The summed E-state index contributed by atoms with van der Waals surface area (Å²) in [6.07, 6.45) is 97.0. The van der Waals surface area contributed by atoms with Gasteiger partial charge >= 0.3 is 11.9 Å². The summed E-state index contributed by atoms with van der Waals surface area (Å²) in [5.74, 6) is -0.828. The van der Waals surface area contributed by atoms with E-state index in [0.717, 1.165) is 83.5 Å². The third-order valence-corrected chi connectivity index (χ3v) is 17.9. The quantitative estimate of drug-likeness (QED) is 0.0195. The Morgan fingerprint density at radius 2 is 0.633 bits per heavy atom. The number of carbonyl (C=O) groups excluding carboxylic acids is 2. The van der Waals surface area contributed by atoms with Crippen LogP contribution in [0.25, 0.3) is 0 Å². The first kappa shape index (κ1) is 87.2. The fraction of sp³-hybridized carbons (Fsp3) is 0.800. The first-order chi connectivity index (χ1) is 44.0. The van der Waals surface area contributed by atoms with E-state index in [4.69, 9.17) is 18.5 Å². The van der Waals surface area contributed by atoms with Crippen molar-refractivity contribution in [2.75, 3.05) is 47.5 Å². The van der Waals surface area contributed by atoms with Crippen LogP contribution in [-0.4, -0.2) is 70.0 Å². The number of esters is 2. The van der Waals surface area contributed by atoms with E-state index in [9.17, 15) is 19.0 Å². The number of carbonyl (C=O) groups is 2. The number of unbranched alkanes of at least 4 members (excludes halogenated alkanes) is 43. The van der Waals surface area contributed by atoms with Crippen molar-refractivity contribution in [1.29, 1.82) is 0 Å². The Morgan fingerprint density at radius 1 is 0.356 bits per heavy atom. The van der Waals surface area contributed by atoms with Crippen LogP contribution in [0.4, 0.5) is 0 Å². The van der Waals surface area contributed by atoms with Crippen molar-refractivity contribution < 1.29 is 42.1 Å². The lowest BCUT2D eigenvalue weighted by Gasteiger charge is -2.28. The first-order valence-corrected chi connectivity index (χ1v) is 39.8. The third-order valence-electron chi connectivity index (χ3n) is 16.9. The van der Waals surface area contributed by atoms with Gasteiger partial charge in [-0.25, -0.2) is 0 Å². The smallest absolute Gasteiger partial charge is 0.306 e. The molecular formula is C80H146NO8P.